The number of hydrogen-bond acceptors (Lipinski definition) is 3. The summed E-state index contributed by atoms with van der Waals surface area (Å²) in [6, 6.07) is 5.50. The van der Waals surface area contributed by atoms with Crippen molar-refractivity contribution in [3.05, 3.63) is 24.3 Å². The Labute approximate surface area is 106 Å². The van der Waals surface area contributed by atoms with Crippen molar-refractivity contribution in [2.45, 2.75) is 25.8 Å². The largest absolute Gasteiger partial charge is 0.351 e. The molecule has 98 valence electrons. The van der Waals surface area contributed by atoms with E-state index in [-0.39, 0.29) is 5.91 Å². The van der Waals surface area contributed by atoms with Crippen LogP contribution in [0.3, 0.4) is 0 Å². The van der Waals surface area contributed by atoms with Crippen molar-refractivity contribution in [1.82, 2.24) is 0 Å². The standard InChI is InChI=1S/C12H18N4O2/c1-2-3-10(13)11(17)15-8-4-6-9(7-5-8)16-12(14)18/h4-7,10H,2-3,13H2,1H3,(H,15,17)(H3,14,16,18). The highest BCUT2D eigenvalue weighted by atomic mass is 16.2. The minimum atomic E-state index is -0.628. The summed E-state index contributed by atoms with van der Waals surface area (Å²) in [5.41, 5.74) is 11.9. The number of amides is 3. The molecule has 0 aliphatic rings. The lowest BCUT2D eigenvalue weighted by molar-refractivity contribution is -0.117. The Bertz CT molecular complexity index is 417. The lowest BCUT2D eigenvalue weighted by atomic mass is 10.1. The molecule has 1 unspecified atom stereocenters. The molecular formula is C12H18N4O2. The van der Waals surface area contributed by atoms with Crippen LogP contribution in [0.15, 0.2) is 24.3 Å². The molecule has 1 aromatic rings. The Morgan fingerprint density at radius 3 is 2.11 bits per heavy atom. The van der Waals surface area contributed by atoms with Crippen molar-refractivity contribution in [2.75, 3.05) is 10.6 Å². The van der Waals surface area contributed by atoms with Crippen molar-refractivity contribution < 1.29 is 9.59 Å². The maximum Gasteiger partial charge on any atom is 0.316 e. The summed E-state index contributed by atoms with van der Waals surface area (Å²) in [6.45, 7) is 1.97. The number of benzene rings is 1. The van der Waals surface area contributed by atoms with Gasteiger partial charge in [-0.2, -0.15) is 0 Å². The molecule has 0 aliphatic heterocycles. The summed E-state index contributed by atoms with van der Waals surface area (Å²) < 4.78 is 0. The van der Waals surface area contributed by atoms with E-state index in [2.05, 4.69) is 10.6 Å². The Kier molecular flexibility index (Phi) is 5.13. The first-order chi connectivity index (χ1) is 8.52. The smallest absolute Gasteiger partial charge is 0.316 e. The Balaban J connectivity index is 2.58. The van der Waals surface area contributed by atoms with Crippen LogP contribution in [0, 0.1) is 0 Å². The SMILES string of the molecule is CCCC(N)C(=O)Nc1ccc(NC(N)=O)cc1. The highest BCUT2D eigenvalue weighted by Crippen LogP contribution is 2.13. The van der Waals surface area contributed by atoms with Crippen molar-refractivity contribution >= 4 is 23.3 Å². The zero-order valence-corrected chi connectivity index (χ0v) is 10.3. The summed E-state index contributed by atoms with van der Waals surface area (Å²) in [7, 11) is 0. The van der Waals surface area contributed by atoms with Crippen molar-refractivity contribution in [3.8, 4) is 0 Å². The van der Waals surface area contributed by atoms with Crippen LogP contribution in [-0.2, 0) is 4.79 Å². The molecule has 0 fully saturated rings. The molecule has 1 atom stereocenters. The van der Waals surface area contributed by atoms with E-state index >= 15 is 0 Å². The number of nitrogens with two attached hydrogens (primary N) is 2. The fraction of sp³-hybridized carbons (Fsp3) is 0.333. The lowest BCUT2D eigenvalue weighted by Crippen LogP contribution is -2.35. The normalized spacial score (nSPS) is 11.7. The van der Waals surface area contributed by atoms with Crippen LogP contribution in [0.25, 0.3) is 0 Å². The number of nitrogens with one attached hydrogen (secondary N) is 2. The molecule has 0 saturated carbocycles. The van der Waals surface area contributed by atoms with Crippen LogP contribution in [-0.4, -0.2) is 18.0 Å². The third kappa shape index (κ3) is 4.42. The van der Waals surface area contributed by atoms with Gasteiger partial charge in [-0.3, -0.25) is 4.79 Å². The molecule has 0 aromatic heterocycles. The second kappa shape index (κ2) is 6.61. The summed E-state index contributed by atoms with van der Waals surface area (Å²) in [5.74, 6) is -0.215. The first kappa shape index (κ1) is 14.0. The van der Waals surface area contributed by atoms with Crippen LogP contribution in [0.1, 0.15) is 19.8 Å². The second-order valence-corrected chi connectivity index (χ2v) is 3.95. The fourth-order valence-corrected chi connectivity index (χ4v) is 1.46. The first-order valence-corrected chi connectivity index (χ1v) is 5.76. The molecule has 3 amide bonds. The summed E-state index contributed by atoms with van der Waals surface area (Å²) in [4.78, 5) is 22.3. The topological polar surface area (TPSA) is 110 Å². The van der Waals surface area contributed by atoms with Gasteiger partial charge in [-0.25, -0.2) is 4.79 Å². The summed E-state index contributed by atoms with van der Waals surface area (Å²) in [6.07, 6.45) is 1.50. The van der Waals surface area contributed by atoms with Crippen LogP contribution >= 0.6 is 0 Å². The molecule has 18 heavy (non-hydrogen) atoms. The molecule has 0 aliphatic carbocycles. The number of primary amides is 1. The molecular weight excluding hydrogens is 232 g/mol. The van der Waals surface area contributed by atoms with Crippen molar-refractivity contribution in [1.29, 1.82) is 0 Å². The number of carbonyl (C=O) groups is 2. The maximum absolute atomic E-state index is 11.6. The molecule has 0 bridgehead atoms. The van der Waals surface area contributed by atoms with Gasteiger partial charge >= 0.3 is 6.03 Å². The van der Waals surface area contributed by atoms with E-state index in [1.54, 1.807) is 24.3 Å². The van der Waals surface area contributed by atoms with E-state index in [1.807, 2.05) is 6.92 Å². The molecule has 1 rings (SSSR count). The van der Waals surface area contributed by atoms with Gasteiger partial charge in [-0.15, -0.1) is 0 Å². The van der Waals surface area contributed by atoms with Crippen LogP contribution in [0.2, 0.25) is 0 Å². The molecule has 0 spiro atoms. The molecule has 1 aromatic carbocycles. The number of rotatable bonds is 5. The maximum atomic E-state index is 11.6. The average Bonchev–Trinajstić information content (AvgIpc) is 2.31. The monoisotopic (exact) mass is 250 g/mol. The van der Waals surface area contributed by atoms with Crippen molar-refractivity contribution in [3.63, 3.8) is 0 Å². The number of anilines is 2. The van der Waals surface area contributed by atoms with E-state index in [4.69, 9.17) is 11.5 Å². The van der Waals surface area contributed by atoms with E-state index in [0.717, 1.165) is 6.42 Å². The van der Waals surface area contributed by atoms with Gasteiger partial charge in [0.1, 0.15) is 0 Å². The van der Waals surface area contributed by atoms with Gasteiger partial charge in [0.2, 0.25) is 5.91 Å². The number of hydrogen-bond donors (Lipinski definition) is 4. The number of carbonyl (C=O) groups excluding carboxylic acids is 2. The third-order valence-corrected chi connectivity index (χ3v) is 2.36. The van der Waals surface area contributed by atoms with Gasteiger partial charge in [0, 0.05) is 11.4 Å². The fourth-order valence-electron chi connectivity index (χ4n) is 1.46. The molecule has 0 heterocycles. The Morgan fingerprint density at radius 2 is 1.67 bits per heavy atom. The lowest BCUT2D eigenvalue weighted by Gasteiger charge is -2.11. The van der Waals surface area contributed by atoms with E-state index in [0.29, 0.717) is 17.8 Å². The average molecular weight is 250 g/mol. The Hall–Kier alpha value is -2.08. The summed E-state index contributed by atoms with van der Waals surface area (Å²) >= 11 is 0. The van der Waals surface area contributed by atoms with Gasteiger partial charge in [0.05, 0.1) is 6.04 Å². The van der Waals surface area contributed by atoms with Crippen LogP contribution < -0.4 is 22.1 Å². The van der Waals surface area contributed by atoms with Crippen LogP contribution in [0.4, 0.5) is 16.2 Å². The summed E-state index contributed by atoms with van der Waals surface area (Å²) in [5, 5.41) is 5.13. The highest BCUT2D eigenvalue weighted by Gasteiger charge is 2.11. The molecule has 0 saturated heterocycles. The quantitative estimate of drug-likeness (QED) is 0.631. The predicted molar refractivity (Wildman–Crippen MR) is 71.2 cm³/mol. The van der Waals surface area contributed by atoms with Gasteiger partial charge in [-0.05, 0) is 30.7 Å². The second-order valence-electron chi connectivity index (χ2n) is 3.95. The molecule has 6 heteroatoms. The molecule has 6 nitrogen and oxygen atoms in total. The van der Waals surface area contributed by atoms with Gasteiger partial charge < -0.3 is 22.1 Å². The van der Waals surface area contributed by atoms with E-state index in [1.165, 1.54) is 0 Å². The minimum absolute atomic E-state index is 0.215. The van der Waals surface area contributed by atoms with Gasteiger partial charge in [-0.1, -0.05) is 13.3 Å². The zero-order chi connectivity index (χ0) is 13.5. The molecule has 6 N–H and O–H groups in total. The Morgan fingerprint density at radius 1 is 1.17 bits per heavy atom. The number of urea groups is 1. The van der Waals surface area contributed by atoms with E-state index in [9.17, 15) is 9.59 Å². The van der Waals surface area contributed by atoms with Gasteiger partial charge in [0.15, 0.2) is 0 Å². The highest BCUT2D eigenvalue weighted by molar-refractivity contribution is 5.95. The van der Waals surface area contributed by atoms with Crippen LogP contribution in [0.5, 0.6) is 0 Å². The van der Waals surface area contributed by atoms with E-state index < -0.39 is 12.1 Å². The van der Waals surface area contributed by atoms with Gasteiger partial charge in [0.25, 0.3) is 0 Å². The zero-order valence-electron chi connectivity index (χ0n) is 10.3. The third-order valence-electron chi connectivity index (χ3n) is 2.36. The first-order valence-electron chi connectivity index (χ1n) is 5.76. The van der Waals surface area contributed by atoms with Crippen molar-refractivity contribution in [2.24, 2.45) is 11.5 Å². The minimum Gasteiger partial charge on any atom is -0.351 e. The predicted octanol–water partition coefficient (Wildman–Crippen LogP) is 1.24. The molecule has 0 radical (unpaired) electrons.